The zero-order chi connectivity index (χ0) is 13.0. The molecule has 1 aromatic rings. The first-order valence-corrected chi connectivity index (χ1v) is 5.73. The van der Waals surface area contributed by atoms with Crippen molar-refractivity contribution in [1.29, 1.82) is 0 Å². The number of aryl methyl sites for hydroxylation is 1. The molecule has 0 spiro atoms. The largest absolute Gasteiger partial charge is 0.496 e. The van der Waals surface area contributed by atoms with Crippen LogP contribution in [0.4, 0.5) is 0 Å². The van der Waals surface area contributed by atoms with Crippen LogP contribution in [0.15, 0.2) is 12.1 Å². The summed E-state index contributed by atoms with van der Waals surface area (Å²) < 4.78 is 10.6. The summed E-state index contributed by atoms with van der Waals surface area (Å²) in [5.41, 5.74) is 13.9. The van der Waals surface area contributed by atoms with Crippen molar-refractivity contribution in [2.24, 2.45) is 11.5 Å². The Balaban J connectivity index is 3.11. The van der Waals surface area contributed by atoms with Crippen LogP contribution >= 0.6 is 0 Å². The fourth-order valence-corrected chi connectivity index (χ4v) is 1.89. The van der Waals surface area contributed by atoms with Crippen molar-refractivity contribution in [2.75, 3.05) is 14.2 Å². The van der Waals surface area contributed by atoms with Crippen molar-refractivity contribution >= 4 is 0 Å². The molecule has 0 bridgehead atoms. The Kier molecular flexibility index (Phi) is 4.78. The molecule has 0 aliphatic rings. The molecular weight excluding hydrogens is 216 g/mol. The first kappa shape index (κ1) is 13.8. The molecule has 96 valence electrons. The summed E-state index contributed by atoms with van der Waals surface area (Å²) in [5, 5.41) is 0. The SMILES string of the molecule is COc1cc(C(N)CC(C)N)c(OC)cc1C. The lowest BCUT2D eigenvalue weighted by molar-refractivity contribution is 0.390. The van der Waals surface area contributed by atoms with Gasteiger partial charge in [-0.2, -0.15) is 0 Å². The van der Waals surface area contributed by atoms with Crippen molar-refractivity contribution in [1.82, 2.24) is 0 Å². The summed E-state index contributed by atoms with van der Waals surface area (Å²) in [7, 11) is 3.29. The Morgan fingerprint density at radius 2 is 1.71 bits per heavy atom. The zero-order valence-electron chi connectivity index (χ0n) is 11.0. The van der Waals surface area contributed by atoms with Crippen LogP contribution in [0, 0.1) is 6.92 Å². The highest BCUT2D eigenvalue weighted by Crippen LogP contribution is 2.32. The number of hydrogen-bond acceptors (Lipinski definition) is 4. The maximum atomic E-state index is 6.13. The molecule has 0 saturated heterocycles. The van der Waals surface area contributed by atoms with Gasteiger partial charge in [0.05, 0.1) is 14.2 Å². The second-order valence-electron chi connectivity index (χ2n) is 4.38. The van der Waals surface area contributed by atoms with Crippen LogP contribution in [0.2, 0.25) is 0 Å². The first-order chi connectivity index (χ1) is 7.99. The number of ether oxygens (including phenoxy) is 2. The fraction of sp³-hybridized carbons (Fsp3) is 0.538. The summed E-state index contributed by atoms with van der Waals surface area (Å²) in [6.07, 6.45) is 0.711. The molecule has 0 radical (unpaired) electrons. The molecule has 0 aromatic heterocycles. The van der Waals surface area contributed by atoms with E-state index in [0.29, 0.717) is 6.42 Å². The van der Waals surface area contributed by atoms with Crippen LogP contribution in [-0.2, 0) is 0 Å². The molecule has 2 atom stereocenters. The fourth-order valence-electron chi connectivity index (χ4n) is 1.89. The van der Waals surface area contributed by atoms with Gasteiger partial charge in [0.1, 0.15) is 11.5 Å². The first-order valence-electron chi connectivity index (χ1n) is 5.73. The maximum Gasteiger partial charge on any atom is 0.124 e. The number of nitrogens with two attached hydrogens (primary N) is 2. The van der Waals surface area contributed by atoms with Gasteiger partial charge in [0.15, 0.2) is 0 Å². The van der Waals surface area contributed by atoms with Gasteiger partial charge in [-0.05, 0) is 38.0 Å². The van der Waals surface area contributed by atoms with E-state index in [1.54, 1.807) is 14.2 Å². The monoisotopic (exact) mass is 238 g/mol. The second-order valence-corrected chi connectivity index (χ2v) is 4.38. The van der Waals surface area contributed by atoms with Crippen molar-refractivity contribution in [3.05, 3.63) is 23.3 Å². The molecule has 1 aromatic carbocycles. The van der Waals surface area contributed by atoms with Crippen LogP contribution in [0.3, 0.4) is 0 Å². The van der Waals surface area contributed by atoms with E-state index in [1.165, 1.54) is 0 Å². The molecule has 4 nitrogen and oxygen atoms in total. The molecule has 0 saturated carbocycles. The number of methoxy groups -OCH3 is 2. The molecule has 0 fully saturated rings. The van der Waals surface area contributed by atoms with Gasteiger partial charge in [0, 0.05) is 17.6 Å². The minimum Gasteiger partial charge on any atom is -0.496 e. The summed E-state index contributed by atoms with van der Waals surface area (Å²) in [6.45, 7) is 3.92. The summed E-state index contributed by atoms with van der Waals surface area (Å²) >= 11 is 0. The Morgan fingerprint density at radius 1 is 1.12 bits per heavy atom. The van der Waals surface area contributed by atoms with E-state index in [0.717, 1.165) is 22.6 Å². The average Bonchev–Trinajstić information content (AvgIpc) is 2.27. The van der Waals surface area contributed by atoms with Crippen LogP contribution in [0.1, 0.15) is 30.5 Å². The van der Waals surface area contributed by atoms with Crippen molar-refractivity contribution < 1.29 is 9.47 Å². The van der Waals surface area contributed by atoms with Crippen LogP contribution in [-0.4, -0.2) is 20.3 Å². The van der Waals surface area contributed by atoms with Crippen LogP contribution in [0.5, 0.6) is 11.5 Å². The normalized spacial score (nSPS) is 14.2. The lowest BCUT2D eigenvalue weighted by atomic mass is 9.98. The summed E-state index contributed by atoms with van der Waals surface area (Å²) in [5.74, 6) is 1.61. The third-order valence-electron chi connectivity index (χ3n) is 2.77. The summed E-state index contributed by atoms with van der Waals surface area (Å²) in [6, 6.07) is 3.79. The van der Waals surface area contributed by atoms with E-state index in [4.69, 9.17) is 20.9 Å². The molecule has 2 unspecified atom stereocenters. The molecule has 0 aliphatic heterocycles. The standard InChI is InChI=1S/C13H22N2O2/c1-8-5-13(17-4)10(7-12(8)16-3)11(15)6-9(2)14/h5,7,9,11H,6,14-15H2,1-4H3. The minimum atomic E-state index is -0.139. The third kappa shape index (κ3) is 3.35. The number of benzene rings is 1. The van der Waals surface area contributed by atoms with Gasteiger partial charge >= 0.3 is 0 Å². The van der Waals surface area contributed by atoms with Gasteiger partial charge in [-0.25, -0.2) is 0 Å². The summed E-state index contributed by atoms with van der Waals surface area (Å²) in [4.78, 5) is 0. The zero-order valence-corrected chi connectivity index (χ0v) is 11.0. The van der Waals surface area contributed by atoms with Crippen LogP contribution in [0.25, 0.3) is 0 Å². The van der Waals surface area contributed by atoms with Gasteiger partial charge in [0.25, 0.3) is 0 Å². The number of rotatable bonds is 5. The van der Waals surface area contributed by atoms with E-state index in [2.05, 4.69) is 0 Å². The van der Waals surface area contributed by atoms with Gasteiger partial charge in [0.2, 0.25) is 0 Å². The molecule has 0 heterocycles. The van der Waals surface area contributed by atoms with Gasteiger partial charge < -0.3 is 20.9 Å². The predicted molar refractivity (Wildman–Crippen MR) is 69.5 cm³/mol. The predicted octanol–water partition coefficient (Wildman–Crippen LogP) is 1.75. The molecule has 1 rings (SSSR count). The Hall–Kier alpha value is -1.26. The molecule has 17 heavy (non-hydrogen) atoms. The van der Waals surface area contributed by atoms with Crippen molar-refractivity contribution in [2.45, 2.75) is 32.4 Å². The Labute approximate surface area is 103 Å². The van der Waals surface area contributed by atoms with Crippen molar-refractivity contribution in [3.63, 3.8) is 0 Å². The minimum absolute atomic E-state index is 0.0574. The van der Waals surface area contributed by atoms with Gasteiger partial charge in [-0.1, -0.05) is 0 Å². The van der Waals surface area contributed by atoms with E-state index < -0.39 is 0 Å². The highest BCUT2D eigenvalue weighted by molar-refractivity contribution is 5.47. The van der Waals surface area contributed by atoms with E-state index in [1.807, 2.05) is 26.0 Å². The molecular formula is C13H22N2O2. The highest BCUT2D eigenvalue weighted by atomic mass is 16.5. The molecule has 0 amide bonds. The highest BCUT2D eigenvalue weighted by Gasteiger charge is 2.16. The van der Waals surface area contributed by atoms with Gasteiger partial charge in [-0.3, -0.25) is 0 Å². The smallest absolute Gasteiger partial charge is 0.124 e. The topological polar surface area (TPSA) is 70.5 Å². The quantitative estimate of drug-likeness (QED) is 0.820. The Bertz CT molecular complexity index is 378. The van der Waals surface area contributed by atoms with Crippen molar-refractivity contribution in [3.8, 4) is 11.5 Å². The van der Waals surface area contributed by atoms with Gasteiger partial charge in [-0.15, -0.1) is 0 Å². The molecule has 4 heteroatoms. The molecule has 4 N–H and O–H groups in total. The lowest BCUT2D eigenvalue weighted by Crippen LogP contribution is -2.23. The Morgan fingerprint density at radius 3 is 2.18 bits per heavy atom. The lowest BCUT2D eigenvalue weighted by Gasteiger charge is -2.19. The average molecular weight is 238 g/mol. The molecule has 0 aliphatic carbocycles. The van der Waals surface area contributed by atoms with E-state index in [-0.39, 0.29) is 12.1 Å². The van der Waals surface area contributed by atoms with E-state index >= 15 is 0 Å². The second kappa shape index (κ2) is 5.89. The maximum absolute atomic E-state index is 6.13. The van der Waals surface area contributed by atoms with Crippen LogP contribution < -0.4 is 20.9 Å². The third-order valence-corrected chi connectivity index (χ3v) is 2.77. The van der Waals surface area contributed by atoms with E-state index in [9.17, 15) is 0 Å². The number of hydrogen-bond donors (Lipinski definition) is 2.